The van der Waals surface area contributed by atoms with Crippen molar-refractivity contribution in [2.75, 3.05) is 11.9 Å². The lowest BCUT2D eigenvalue weighted by atomic mass is 10.1. The molecule has 0 aromatic heterocycles. The van der Waals surface area contributed by atoms with E-state index in [1.807, 2.05) is 0 Å². The van der Waals surface area contributed by atoms with Gasteiger partial charge in [-0.15, -0.1) is 0 Å². The molecule has 19 heavy (non-hydrogen) atoms. The fourth-order valence-corrected chi connectivity index (χ4v) is 2.07. The summed E-state index contributed by atoms with van der Waals surface area (Å²) in [7, 11) is 0. The van der Waals surface area contributed by atoms with Crippen LogP contribution in [0, 0.1) is 17.5 Å². The summed E-state index contributed by atoms with van der Waals surface area (Å²) in [6.45, 7) is 0.335. The van der Waals surface area contributed by atoms with Crippen LogP contribution in [-0.4, -0.2) is 6.54 Å². The minimum absolute atomic E-state index is 0.240. The summed E-state index contributed by atoms with van der Waals surface area (Å²) in [5.74, 6) is -1.43. The van der Waals surface area contributed by atoms with Crippen LogP contribution in [0.1, 0.15) is 11.7 Å². The standard InChI is InChI=1S/C14H10F3NO/c15-8-1-3-10(11(17)5-8)14-7-18-12-4-2-9(16)6-13(12)19-14/h1-6,14,18H,7H2. The Labute approximate surface area is 107 Å². The number of anilines is 1. The molecule has 3 rings (SSSR count). The second kappa shape index (κ2) is 4.50. The van der Waals surface area contributed by atoms with Crippen LogP contribution >= 0.6 is 0 Å². The quantitative estimate of drug-likeness (QED) is 0.849. The molecule has 0 saturated carbocycles. The maximum atomic E-state index is 13.7. The van der Waals surface area contributed by atoms with E-state index in [-0.39, 0.29) is 5.56 Å². The predicted molar refractivity (Wildman–Crippen MR) is 64.6 cm³/mol. The van der Waals surface area contributed by atoms with Gasteiger partial charge in [0.15, 0.2) is 0 Å². The number of fused-ring (bicyclic) bond motifs is 1. The summed E-state index contributed by atoms with van der Waals surface area (Å²) in [4.78, 5) is 0. The fraction of sp³-hybridized carbons (Fsp3) is 0.143. The highest BCUT2D eigenvalue weighted by molar-refractivity contribution is 5.58. The van der Waals surface area contributed by atoms with Crippen molar-refractivity contribution in [3.8, 4) is 5.75 Å². The van der Waals surface area contributed by atoms with Crippen LogP contribution in [-0.2, 0) is 0 Å². The number of nitrogens with one attached hydrogen (secondary N) is 1. The molecule has 1 atom stereocenters. The largest absolute Gasteiger partial charge is 0.481 e. The van der Waals surface area contributed by atoms with Crippen LogP contribution in [0.25, 0.3) is 0 Å². The molecule has 98 valence electrons. The summed E-state index contributed by atoms with van der Waals surface area (Å²) in [6.07, 6.45) is -0.616. The van der Waals surface area contributed by atoms with E-state index in [1.165, 1.54) is 24.3 Å². The highest BCUT2D eigenvalue weighted by atomic mass is 19.1. The van der Waals surface area contributed by atoms with Gasteiger partial charge in [-0.05, 0) is 24.3 Å². The maximum Gasteiger partial charge on any atom is 0.146 e. The molecule has 2 aromatic carbocycles. The second-order valence-corrected chi connectivity index (χ2v) is 4.29. The molecule has 0 radical (unpaired) electrons. The Bertz CT molecular complexity index is 630. The van der Waals surface area contributed by atoms with Gasteiger partial charge in [0.05, 0.1) is 12.2 Å². The first-order chi connectivity index (χ1) is 9.13. The van der Waals surface area contributed by atoms with E-state index in [4.69, 9.17) is 4.74 Å². The molecule has 0 aliphatic carbocycles. The van der Waals surface area contributed by atoms with Crippen molar-refractivity contribution >= 4 is 5.69 Å². The SMILES string of the molecule is Fc1ccc(C2CNc3ccc(F)cc3O2)c(F)c1. The van der Waals surface area contributed by atoms with Crippen molar-refractivity contribution in [3.05, 3.63) is 59.4 Å². The normalized spacial score (nSPS) is 17.3. The maximum absolute atomic E-state index is 13.7. The summed E-state index contributed by atoms with van der Waals surface area (Å²) < 4.78 is 45.2. The third-order valence-electron chi connectivity index (χ3n) is 3.00. The third kappa shape index (κ3) is 2.23. The van der Waals surface area contributed by atoms with E-state index in [0.29, 0.717) is 18.0 Å². The molecule has 2 nitrogen and oxygen atoms in total. The van der Waals surface area contributed by atoms with E-state index in [2.05, 4.69) is 5.32 Å². The zero-order chi connectivity index (χ0) is 13.4. The highest BCUT2D eigenvalue weighted by Crippen LogP contribution is 2.35. The van der Waals surface area contributed by atoms with Gasteiger partial charge in [0.25, 0.3) is 0 Å². The molecule has 0 bridgehead atoms. The van der Waals surface area contributed by atoms with E-state index in [0.717, 1.165) is 6.07 Å². The van der Waals surface area contributed by atoms with Gasteiger partial charge in [0.1, 0.15) is 29.3 Å². The highest BCUT2D eigenvalue weighted by Gasteiger charge is 2.24. The Morgan fingerprint density at radius 2 is 1.74 bits per heavy atom. The van der Waals surface area contributed by atoms with Crippen LogP contribution in [0.2, 0.25) is 0 Å². The van der Waals surface area contributed by atoms with Gasteiger partial charge >= 0.3 is 0 Å². The van der Waals surface area contributed by atoms with Crippen LogP contribution in [0.4, 0.5) is 18.9 Å². The van der Waals surface area contributed by atoms with Gasteiger partial charge in [-0.1, -0.05) is 0 Å². The van der Waals surface area contributed by atoms with Crippen molar-refractivity contribution in [3.63, 3.8) is 0 Å². The molecule has 1 N–H and O–H groups in total. The van der Waals surface area contributed by atoms with Crippen LogP contribution in [0.5, 0.6) is 5.75 Å². The van der Waals surface area contributed by atoms with Crippen molar-refractivity contribution < 1.29 is 17.9 Å². The molecule has 0 spiro atoms. The van der Waals surface area contributed by atoms with Crippen molar-refractivity contribution in [2.45, 2.75) is 6.10 Å². The van der Waals surface area contributed by atoms with E-state index in [1.54, 1.807) is 6.07 Å². The molecule has 0 saturated heterocycles. The zero-order valence-electron chi connectivity index (χ0n) is 9.79. The van der Waals surface area contributed by atoms with Gasteiger partial charge < -0.3 is 10.1 Å². The molecule has 2 aromatic rings. The predicted octanol–water partition coefficient (Wildman–Crippen LogP) is 3.65. The molecule has 1 aliphatic heterocycles. The lowest BCUT2D eigenvalue weighted by Gasteiger charge is -2.27. The van der Waals surface area contributed by atoms with Crippen LogP contribution in [0.15, 0.2) is 36.4 Å². The minimum atomic E-state index is -0.674. The average Bonchev–Trinajstić information content (AvgIpc) is 2.38. The van der Waals surface area contributed by atoms with Crippen molar-refractivity contribution in [1.29, 1.82) is 0 Å². The number of halogens is 3. The lowest BCUT2D eigenvalue weighted by Crippen LogP contribution is -2.24. The van der Waals surface area contributed by atoms with E-state index >= 15 is 0 Å². The van der Waals surface area contributed by atoms with Crippen molar-refractivity contribution in [1.82, 2.24) is 0 Å². The molecule has 5 heteroatoms. The van der Waals surface area contributed by atoms with Gasteiger partial charge in [-0.25, -0.2) is 13.2 Å². The van der Waals surface area contributed by atoms with Crippen molar-refractivity contribution in [2.24, 2.45) is 0 Å². The fourth-order valence-electron chi connectivity index (χ4n) is 2.07. The Kier molecular flexibility index (Phi) is 2.81. The first-order valence-corrected chi connectivity index (χ1v) is 5.78. The Balaban J connectivity index is 1.93. The monoisotopic (exact) mass is 265 g/mol. The van der Waals surface area contributed by atoms with Crippen LogP contribution < -0.4 is 10.1 Å². The molecule has 1 aliphatic rings. The second-order valence-electron chi connectivity index (χ2n) is 4.29. The van der Waals surface area contributed by atoms with E-state index in [9.17, 15) is 13.2 Å². The number of ether oxygens (including phenoxy) is 1. The Morgan fingerprint density at radius 1 is 1.00 bits per heavy atom. The number of benzene rings is 2. The molecular weight excluding hydrogens is 255 g/mol. The molecule has 1 unspecified atom stereocenters. The molecular formula is C14H10F3NO. The van der Waals surface area contributed by atoms with Gasteiger partial charge in [0.2, 0.25) is 0 Å². The summed E-state index contributed by atoms with van der Waals surface area (Å²) >= 11 is 0. The summed E-state index contributed by atoms with van der Waals surface area (Å²) in [5, 5.41) is 3.03. The van der Waals surface area contributed by atoms with Gasteiger partial charge in [-0.2, -0.15) is 0 Å². The first kappa shape index (κ1) is 11.9. The zero-order valence-corrected chi connectivity index (χ0v) is 9.79. The molecule has 0 amide bonds. The number of hydrogen-bond donors (Lipinski definition) is 1. The van der Waals surface area contributed by atoms with Crippen LogP contribution in [0.3, 0.4) is 0 Å². The van der Waals surface area contributed by atoms with Gasteiger partial charge in [-0.3, -0.25) is 0 Å². The smallest absolute Gasteiger partial charge is 0.146 e. The molecule has 1 heterocycles. The number of rotatable bonds is 1. The Morgan fingerprint density at radius 3 is 2.53 bits per heavy atom. The summed E-state index contributed by atoms with van der Waals surface area (Å²) in [6, 6.07) is 7.41. The summed E-state index contributed by atoms with van der Waals surface area (Å²) in [5.41, 5.74) is 0.893. The van der Waals surface area contributed by atoms with Gasteiger partial charge in [0, 0.05) is 17.7 Å². The minimum Gasteiger partial charge on any atom is -0.481 e. The lowest BCUT2D eigenvalue weighted by molar-refractivity contribution is 0.204. The average molecular weight is 265 g/mol. The Hall–Kier alpha value is -2.17. The topological polar surface area (TPSA) is 21.3 Å². The molecule has 0 fully saturated rings. The number of hydrogen-bond acceptors (Lipinski definition) is 2. The first-order valence-electron chi connectivity index (χ1n) is 5.78. The third-order valence-corrected chi connectivity index (χ3v) is 3.00. The van der Waals surface area contributed by atoms with E-state index < -0.39 is 23.6 Å².